The average molecular weight is 362 g/mol. The molecule has 5 nitrogen and oxygen atoms in total. The van der Waals surface area contributed by atoms with Crippen molar-refractivity contribution in [2.45, 2.75) is 19.7 Å². The van der Waals surface area contributed by atoms with Gasteiger partial charge in [-0.3, -0.25) is 0 Å². The molecule has 0 spiro atoms. The molecule has 0 bridgehead atoms. The van der Waals surface area contributed by atoms with Crippen LogP contribution in [0.25, 0.3) is 11.4 Å². The second-order valence-corrected chi connectivity index (χ2v) is 5.54. The summed E-state index contributed by atoms with van der Waals surface area (Å²) < 4.78 is 48.3. The Morgan fingerprint density at radius 1 is 1.15 bits per heavy atom. The standard InChI is InChI=1S/C18H13F3N2O3/c1-11-4-2-6-13(8-11)17(24)25-10-15-22-16(23-26-15)12-5-3-7-14(9-12)18(19,20)21/h2-9H,10H2,1H3. The van der Waals surface area contributed by atoms with Gasteiger partial charge in [-0.25, -0.2) is 4.79 Å². The summed E-state index contributed by atoms with van der Waals surface area (Å²) in [6.45, 7) is 1.56. The summed E-state index contributed by atoms with van der Waals surface area (Å²) in [5.74, 6) is -0.594. The van der Waals surface area contributed by atoms with Crippen LogP contribution >= 0.6 is 0 Å². The van der Waals surface area contributed by atoms with E-state index in [1.54, 1.807) is 18.2 Å². The molecule has 1 aromatic heterocycles. The molecule has 0 aliphatic heterocycles. The third-order valence-corrected chi connectivity index (χ3v) is 3.50. The molecular formula is C18H13F3N2O3. The van der Waals surface area contributed by atoms with Crippen LogP contribution in [-0.2, 0) is 17.5 Å². The van der Waals surface area contributed by atoms with Gasteiger partial charge in [0, 0.05) is 5.56 Å². The summed E-state index contributed by atoms with van der Waals surface area (Å²) in [5.41, 5.74) is 0.624. The normalized spacial score (nSPS) is 11.4. The molecule has 0 saturated carbocycles. The van der Waals surface area contributed by atoms with Crippen molar-refractivity contribution in [1.29, 1.82) is 0 Å². The van der Waals surface area contributed by atoms with Crippen LogP contribution in [0.3, 0.4) is 0 Å². The molecule has 2 aromatic carbocycles. The molecule has 1 heterocycles. The van der Waals surface area contributed by atoms with E-state index in [9.17, 15) is 18.0 Å². The van der Waals surface area contributed by atoms with Gasteiger partial charge in [-0.2, -0.15) is 18.2 Å². The lowest BCUT2D eigenvalue weighted by Crippen LogP contribution is -2.05. The Morgan fingerprint density at radius 2 is 1.92 bits per heavy atom. The number of halogens is 3. The Morgan fingerprint density at radius 3 is 2.65 bits per heavy atom. The summed E-state index contributed by atoms with van der Waals surface area (Å²) in [4.78, 5) is 15.9. The lowest BCUT2D eigenvalue weighted by molar-refractivity contribution is -0.137. The van der Waals surface area contributed by atoms with Crippen molar-refractivity contribution >= 4 is 5.97 Å². The molecule has 0 fully saturated rings. The van der Waals surface area contributed by atoms with Crippen LogP contribution < -0.4 is 0 Å². The molecule has 0 unspecified atom stereocenters. The summed E-state index contributed by atoms with van der Waals surface area (Å²) in [6, 6.07) is 11.4. The van der Waals surface area contributed by atoms with E-state index in [0.717, 1.165) is 17.7 Å². The lowest BCUT2D eigenvalue weighted by Gasteiger charge is -2.06. The molecule has 134 valence electrons. The minimum absolute atomic E-state index is 0.0154. The van der Waals surface area contributed by atoms with E-state index in [-0.39, 0.29) is 23.9 Å². The number of aryl methyl sites for hydroxylation is 1. The zero-order valence-corrected chi connectivity index (χ0v) is 13.6. The van der Waals surface area contributed by atoms with Crippen LogP contribution in [0.2, 0.25) is 0 Å². The van der Waals surface area contributed by atoms with Crippen molar-refractivity contribution in [3.05, 3.63) is 71.1 Å². The highest BCUT2D eigenvalue weighted by molar-refractivity contribution is 5.89. The molecule has 3 aromatic rings. The van der Waals surface area contributed by atoms with Crippen molar-refractivity contribution < 1.29 is 27.2 Å². The monoisotopic (exact) mass is 362 g/mol. The molecule has 0 atom stereocenters. The number of nitrogens with zero attached hydrogens (tertiary/aromatic N) is 2. The van der Waals surface area contributed by atoms with E-state index in [4.69, 9.17) is 9.26 Å². The molecule has 0 aliphatic carbocycles. The van der Waals surface area contributed by atoms with Crippen LogP contribution in [0, 0.1) is 6.92 Å². The fourth-order valence-electron chi connectivity index (χ4n) is 2.25. The molecule has 0 amide bonds. The smallest absolute Gasteiger partial charge is 0.416 e. The first-order valence-electron chi connectivity index (χ1n) is 7.57. The Labute approximate surface area is 146 Å². The van der Waals surface area contributed by atoms with E-state index in [1.165, 1.54) is 12.1 Å². The van der Waals surface area contributed by atoms with Gasteiger partial charge in [-0.05, 0) is 31.2 Å². The number of hydrogen-bond donors (Lipinski definition) is 0. The van der Waals surface area contributed by atoms with Crippen molar-refractivity contribution in [3.8, 4) is 11.4 Å². The zero-order valence-electron chi connectivity index (χ0n) is 13.6. The number of alkyl halides is 3. The summed E-state index contributed by atoms with van der Waals surface area (Å²) in [7, 11) is 0. The number of ether oxygens (including phenoxy) is 1. The van der Waals surface area contributed by atoms with E-state index < -0.39 is 17.7 Å². The maximum atomic E-state index is 12.8. The van der Waals surface area contributed by atoms with Crippen LogP contribution in [0.5, 0.6) is 0 Å². The number of hydrogen-bond acceptors (Lipinski definition) is 5. The second-order valence-electron chi connectivity index (χ2n) is 5.54. The maximum absolute atomic E-state index is 12.8. The maximum Gasteiger partial charge on any atom is 0.416 e. The second kappa shape index (κ2) is 6.99. The average Bonchev–Trinajstić information content (AvgIpc) is 3.08. The van der Waals surface area contributed by atoms with Gasteiger partial charge in [-0.1, -0.05) is 35.0 Å². The highest BCUT2D eigenvalue weighted by Crippen LogP contribution is 2.31. The Hall–Kier alpha value is -3.16. The first-order valence-corrected chi connectivity index (χ1v) is 7.57. The van der Waals surface area contributed by atoms with E-state index >= 15 is 0 Å². The Bertz CT molecular complexity index is 935. The number of rotatable bonds is 4. The fourth-order valence-corrected chi connectivity index (χ4v) is 2.25. The summed E-state index contributed by atoms with van der Waals surface area (Å²) >= 11 is 0. The molecule has 8 heteroatoms. The third kappa shape index (κ3) is 4.08. The van der Waals surface area contributed by atoms with Gasteiger partial charge >= 0.3 is 12.1 Å². The Balaban J connectivity index is 1.70. The van der Waals surface area contributed by atoms with E-state index in [1.807, 2.05) is 13.0 Å². The van der Waals surface area contributed by atoms with Gasteiger partial charge in [0.2, 0.25) is 5.82 Å². The van der Waals surface area contributed by atoms with Crippen molar-refractivity contribution in [1.82, 2.24) is 10.1 Å². The highest BCUT2D eigenvalue weighted by atomic mass is 19.4. The van der Waals surface area contributed by atoms with Crippen molar-refractivity contribution in [2.75, 3.05) is 0 Å². The fraction of sp³-hybridized carbons (Fsp3) is 0.167. The molecular weight excluding hydrogens is 349 g/mol. The predicted molar refractivity (Wildman–Crippen MR) is 85.0 cm³/mol. The van der Waals surface area contributed by atoms with Crippen LogP contribution in [0.4, 0.5) is 13.2 Å². The summed E-state index contributed by atoms with van der Waals surface area (Å²) in [6.07, 6.45) is -4.47. The molecule has 0 radical (unpaired) electrons. The summed E-state index contributed by atoms with van der Waals surface area (Å²) in [5, 5.41) is 3.63. The first-order chi connectivity index (χ1) is 12.3. The molecule has 26 heavy (non-hydrogen) atoms. The minimum atomic E-state index is -4.47. The van der Waals surface area contributed by atoms with E-state index in [0.29, 0.717) is 5.56 Å². The first kappa shape index (κ1) is 17.7. The van der Waals surface area contributed by atoms with Gasteiger partial charge in [0.1, 0.15) is 0 Å². The number of aromatic nitrogens is 2. The zero-order chi connectivity index (χ0) is 18.7. The topological polar surface area (TPSA) is 65.2 Å². The van der Waals surface area contributed by atoms with E-state index in [2.05, 4.69) is 10.1 Å². The van der Waals surface area contributed by atoms with Gasteiger partial charge in [0.05, 0.1) is 11.1 Å². The van der Waals surface area contributed by atoms with Gasteiger partial charge in [-0.15, -0.1) is 0 Å². The molecule has 0 aliphatic rings. The van der Waals surface area contributed by atoms with Crippen LogP contribution in [0.1, 0.15) is 27.4 Å². The molecule has 0 saturated heterocycles. The van der Waals surface area contributed by atoms with Crippen molar-refractivity contribution in [3.63, 3.8) is 0 Å². The van der Waals surface area contributed by atoms with Crippen LogP contribution in [0.15, 0.2) is 53.1 Å². The third-order valence-electron chi connectivity index (χ3n) is 3.50. The predicted octanol–water partition coefficient (Wildman–Crippen LogP) is 4.42. The number of carbonyl (C=O) groups is 1. The molecule has 0 N–H and O–H groups in total. The largest absolute Gasteiger partial charge is 0.452 e. The van der Waals surface area contributed by atoms with Gasteiger partial charge in [0.15, 0.2) is 6.61 Å². The number of carbonyl (C=O) groups excluding carboxylic acids is 1. The Kier molecular flexibility index (Phi) is 4.75. The quantitative estimate of drug-likeness (QED) is 0.643. The SMILES string of the molecule is Cc1cccc(C(=O)OCc2nc(-c3cccc(C(F)(F)F)c3)no2)c1. The number of benzene rings is 2. The number of esters is 1. The minimum Gasteiger partial charge on any atom is -0.452 e. The van der Waals surface area contributed by atoms with Gasteiger partial charge < -0.3 is 9.26 Å². The lowest BCUT2D eigenvalue weighted by atomic mass is 10.1. The van der Waals surface area contributed by atoms with Crippen molar-refractivity contribution in [2.24, 2.45) is 0 Å². The van der Waals surface area contributed by atoms with Crippen LogP contribution in [-0.4, -0.2) is 16.1 Å². The van der Waals surface area contributed by atoms with Gasteiger partial charge in [0.25, 0.3) is 5.89 Å². The highest BCUT2D eigenvalue weighted by Gasteiger charge is 2.30. The molecule has 3 rings (SSSR count).